The Morgan fingerprint density at radius 1 is 1.37 bits per heavy atom. The molecule has 4 nitrogen and oxygen atoms in total. The zero-order chi connectivity index (χ0) is 13.8. The molecule has 0 spiro atoms. The van der Waals surface area contributed by atoms with Crippen molar-refractivity contribution in [2.24, 2.45) is 0 Å². The molecule has 0 aliphatic carbocycles. The number of nitriles is 1. The number of amides is 1. The van der Waals surface area contributed by atoms with Crippen LogP contribution < -0.4 is 5.32 Å². The Morgan fingerprint density at radius 2 is 2.16 bits per heavy atom. The van der Waals surface area contributed by atoms with Gasteiger partial charge in [0.25, 0.3) is 5.91 Å². The fraction of sp³-hybridized carbons (Fsp3) is 0.0714. The normalized spacial score (nSPS) is 9.74. The molecule has 1 N–H and O–H groups in total. The largest absolute Gasteiger partial charge is 0.320 e. The minimum Gasteiger partial charge on any atom is -0.320 e. The van der Waals surface area contributed by atoms with Crippen LogP contribution in [0.15, 0.2) is 41.0 Å². The molecule has 0 radical (unpaired) electrons. The predicted octanol–water partition coefficient (Wildman–Crippen LogP) is 3.28. The van der Waals surface area contributed by atoms with E-state index < -0.39 is 0 Å². The molecule has 0 saturated carbocycles. The number of nitrogens with one attached hydrogen (secondary N) is 1. The Hall–Kier alpha value is -2.19. The van der Waals surface area contributed by atoms with Gasteiger partial charge in [0.05, 0.1) is 11.3 Å². The fourth-order valence-corrected chi connectivity index (χ4v) is 2.09. The quantitative estimate of drug-likeness (QED) is 0.924. The lowest BCUT2D eigenvalue weighted by atomic mass is 10.2. The van der Waals surface area contributed by atoms with Crippen LogP contribution in [-0.4, -0.2) is 10.9 Å². The summed E-state index contributed by atoms with van der Waals surface area (Å²) in [4.78, 5) is 15.9. The van der Waals surface area contributed by atoms with Crippen LogP contribution in [0.5, 0.6) is 0 Å². The number of anilines is 1. The third-order valence-corrected chi connectivity index (χ3v) is 3.15. The molecule has 1 aromatic carbocycles. The van der Waals surface area contributed by atoms with Gasteiger partial charge in [-0.05, 0) is 52.7 Å². The molecule has 1 aromatic heterocycles. The van der Waals surface area contributed by atoms with E-state index in [2.05, 4.69) is 26.2 Å². The van der Waals surface area contributed by atoms with Gasteiger partial charge < -0.3 is 5.32 Å². The van der Waals surface area contributed by atoms with Crippen LogP contribution in [0.2, 0.25) is 0 Å². The first kappa shape index (κ1) is 13.2. The molecular weight excluding hydrogens is 306 g/mol. The molecular formula is C14H10BrN3O. The van der Waals surface area contributed by atoms with E-state index >= 15 is 0 Å². The van der Waals surface area contributed by atoms with Crippen LogP contribution in [0.1, 0.15) is 21.6 Å². The van der Waals surface area contributed by atoms with Crippen molar-refractivity contribution in [2.45, 2.75) is 6.92 Å². The molecule has 0 fully saturated rings. The molecule has 2 rings (SSSR count). The van der Waals surface area contributed by atoms with Crippen molar-refractivity contribution in [2.75, 3.05) is 5.32 Å². The Bertz CT molecular complexity index is 659. The van der Waals surface area contributed by atoms with Gasteiger partial charge in [-0.25, -0.2) is 4.98 Å². The lowest BCUT2D eigenvalue weighted by Crippen LogP contribution is -2.13. The average molecular weight is 316 g/mol. The van der Waals surface area contributed by atoms with Gasteiger partial charge in [0.2, 0.25) is 0 Å². The molecule has 19 heavy (non-hydrogen) atoms. The van der Waals surface area contributed by atoms with Gasteiger partial charge in [-0.3, -0.25) is 4.79 Å². The molecule has 0 saturated heterocycles. The predicted molar refractivity (Wildman–Crippen MR) is 75.8 cm³/mol. The second-order valence-corrected chi connectivity index (χ2v) is 4.84. The number of nitrogens with zero attached hydrogens (tertiary/aromatic N) is 2. The number of rotatable bonds is 2. The Morgan fingerprint density at radius 3 is 2.74 bits per heavy atom. The summed E-state index contributed by atoms with van der Waals surface area (Å²) >= 11 is 3.39. The molecule has 0 atom stereocenters. The fourth-order valence-electron chi connectivity index (χ4n) is 1.50. The highest BCUT2D eigenvalue weighted by Gasteiger charge is 2.09. The van der Waals surface area contributed by atoms with Crippen molar-refractivity contribution in [3.63, 3.8) is 0 Å². The van der Waals surface area contributed by atoms with Crippen LogP contribution in [0.25, 0.3) is 0 Å². The number of halogens is 1. The number of aromatic nitrogens is 1. The number of pyridine rings is 1. The van der Waals surface area contributed by atoms with Gasteiger partial charge in [-0.15, -0.1) is 0 Å². The van der Waals surface area contributed by atoms with E-state index in [4.69, 9.17) is 5.26 Å². The Balaban J connectivity index is 2.18. The smallest absolute Gasteiger partial charge is 0.274 e. The van der Waals surface area contributed by atoms with Crippen molar-refractivity contribution in [3.8, 4) is 6.07 Å². The first-order chi connectivity index (χ1) is 9.10. The second kappa shape index (κ2) is 5.63. The second-order valence-electron chi connectivity index (χ2n) is 3.98. The number of carbonyl (C=O) groups excluding carboxylic acids is 1. The van der Waals surface area contributed by atoms with E-state index in [-0.39, 0.29) is 11.6 Å². The van der Waals surface area contributed by atoms with E-state index in [0.717, 1.165) is 10.0 Å². The van der Waals surface area contributed by atoms with Crippen molar-refractivity contribution in [1.29, 1.82) is 5.26 Å². The van der Waals surface area contributed by atoms with Gasteiger partial charge in [-0.2, -0.15) is 5.26 Å². The summed E-state index contributed by atoms with van der Waals surface area (Å²) in [5.74, 6) is -0.311. The van der Waals surface area contributed by atoms with E-state index in [1.54, 1.807) is 6.07 Å². The third kappa shape index (κ3) is 3.18. The summed E-state index contributed by atoms with van der Waals surface area (Å²) in [6.07, 6.45) is 1.37. The lowest BCUT2D eigenvalue weighted by Gasteiger charge is -2.07. The summed E-state index contributed by atoms with van der Waals surface area (Å²) in [5, 5.41) is 11.4. The van der Waals surface area contributed by atoms with Crippen LogP contribution in [0, 0.1) is 18.3 Å². The summed E-state index contributed by atoms with van der Waals surface area (Å²) in [7, 11) is 0. The third-order valence-electron chi connectivity index (χ3n) is 2.50. The van der Waals surface area contributed by atoms with Crippen molar-refractivity contribution in [3.05, 3.63) is 57.8 Å². The van der Waals surface area contributed by atoms with Crippen LogP contribution in [0.4, 0.5) is 5.69 Å². The molecule has 0 aliphatic heterocycles. The topological polar surface area (TPSA) is 65.8 Å². The molecule has 94 valence electrons. The molecule has 0 unspecified atom stereocenters. The first-order valence-electron chi connectivity index (χ1n) is 5.54. The maximum atomic E-state index is 12.0. The zero-order valence-electron chi connectivity index (χ0n) is 10.1. The molecule has 0 bridgehead atoms. The van der Waals surface area contributed by atoms with E-state index in [0.29, 0.717) is 11.3 Å². The summed E-state index contributed by atoms with van der Waals surface area (Å²) in [6.45, 7) is 1.97. The number of carbonyl (C=O) groups is 1. The molecule has 1 amide bonds. The van der Waals surface area contributed by atoms with E-state index in [1.165, 1.54) is 12.3 Å². The van der Waals surface area contributed by atoms with Gasteiger partial charge >= 0.3 is 0 Å². The van der Waals surface area contributed by atoms with Gasteiger partial charge in [-0.1, -0.05) is 6.07 Å². The number of hydrogen-bond acceptors (Lipinski definition) is 3. The number of aryl methyl sites for hydroxylation is 1. The minimum absolute atomic E-state index is 0.270. The van der Waals surface area contributed by atoms with Crippen LogP contribution >= 0.6 is 15.9 Å². The lowest BCUT2D eigenvalue weighted by molar-refractivity contribution is 0.102. The van der Waals surface area contributed by atoms with Gasteiger partial charge in [0, 0.05) is 10.7 Å². The highest BCUT2D eigenvalue weighted by atomic mass is 79.9. The van der Waals surface area contributed by atoms with Crippen molar-refractivity contribution >= 4 is 27.5 Å². The van der Waals surface area contributed by atoms with E-state index in [1.807, 2.05) is 31.2 Å². The van der Waals surface area contributed by atoms with Crippen LogP contribution in [0.3, 0.4) is 0 Å². The molecule has 2 aromatic rings. The summed E-state index contributed by atoms with van der Waals surface area (Å²) in [5.41, 5.74) is 2.47. The van der Waals surface area contributed by atoms with E-state index in [9.17, 15) is 4.79 Å². The Kier molecular flexibility index (Phi) is 3.93. The highest BCUT2D eigenvalue weighted by Crippen LogP contribution is 2.23. The summed E-state index contributed by atoms with van der Waals surface area (Å²) < 4.78 is 0.814. The maximum Gasteiger partial charge on any atom is 0.274 e. The molecule has 0 aliphatic rings. The monoisotopic (exact) mass is 315 g/mol. The maximum absolute atomic E-state index is 12.0. The standard InChI is InChI=1S/C14H10BrN3O/c1-9-2-4-12(11(15)6-9)18-14(19)13-5-3-10(7-16)8-17-13/h2-6,8H,1H3,(H,18,19). The van der Waals surface area contributed by atoms with Gasteiger partial charge in [0.1, 0.15) is 11.8 Å². The number of benzene rings is 1. The zero-order valence-corrected chi connectivity index (χ0v) is 11.7. The average Bonchev–Trinajstić information content (AvgIpc) is 2.42. The SMILES string of the molecule is Cc1ccc(NC(=O)c2ccc(C#N)cn2)c(Br)c1. The number of hydrogen-bond donors (Lipinski definition) is 1. The molecule has 1 heterocycles. The van der Waals surface area contributed by atoms with Crippen molar-refractivity contribution < 1.29 is 4.79 Å². The first-order valence-corrected chi connectivity index (χ1v) is 6.33. The highest BCUT2D eigenvalue weighted by molar-refractivity contribution is 9.10. The Labute approximate surface area is 119 Å². The van der Waals surface area contributed by atoms with Crippen molar-refractivity contribution in [1.82, 2.24) is 4.98 Å². The van der Waals surface area contributed by atoms with Crippen LogP contribution in [-0.2, 0) is 0 Å². The molecule has 5 heteroatoms. The summed E-state index contributed by atoms with van der Waals surface area (Å²) in [6, 6.07) is 10.7. The minimum atomic E-state index is -0.311. The van der Waals surface area contributed by atoms with Gasteiger partial charge in [0.15, 0.2) is 0 Å².